The maximum atomic E-state index is 7.89. The summed E-state index contributed by atoms with van der Waals surface area (Å²) in [6.45, 7) is 2.03. The molecule has 0 unspecified atom stereocenters. The van der Waals surface area contributed by atoms with E-state index in [-0.39, 0.29) is 0 Å². The Morgan fingerprint density at radius 3 is 2.75 bits per heavy atom. The van der Waals surface area contributed by atoms with Gasteiger partial charge in [-0.3, -0.25) is 0 Å². The molecular formula is C7H11N3O2. The molecule has 0 radical (unpaired) electrons. The van der Waals surface area contributed by atoms with Crippen molar-refractivity contribution in [2.75, 3.05) is 33.0 Å². The minimum atomic E-state index is 0.305. The van der Waals surface area contributed by atoms with Crippen LogP contribution in [0.5, 0.6) is 0 Å². The zero-order valence-electron chi connectivity index (χ0n) is 6.77. The fourth-order valence-electron chi connectivity index (χ4n) is 0.501. The molecule has 66 valence electrons. The predicted molar refractivity (Wildman–Crippen MR) is 44.5 cm³/mol. The van der Waals surface area contributed by atoms with Gasteiger partial charge >= 0.3 is 0 Å². The standard InChI is InChI=1S/C7H11N3O2/c1-2-4-11-6-7-12-5-3-9-10-8/h1H,3-7H2. The highest BCUT2D eigenvalue weighted by Gasteiger charge is 1.86. The van der Waals surface area contributed by atoms with Crippen molar-refractivity contribution >= 4 is 0 Å². The molecule has 0 saturated heterocycles. The summed E-state index contributed by atoms with van der Waals surface area (Å²) in [5.41, 5.74) is 7.89. The average Bonchev–Trinajstić information content (AvgIpc) is 2.10. The molecule has 0 fully saturated rings. The van der Waals surface area contributed by atoms with Crippen LogP contribution in [0.1, 0.15) is 0 Å². The minimum Gasteiger partial charge on any atom is -0.379 e. The normalized spacial score (nSPS) is 8.58. The monoisotopic (exact) mass is 169 g/mol. The Balaban J connectivity index is 2.91. The van der Waals surface area contributed by atoms with Crippen molar-refractivity contribution in [3.05, 3.63) is 10.4 Å². The lowest BCUT2D eigenvalue weighted by Gasteiger charge is -2.00. The second-order valence-corrected chi connectivity index (χ2v) is 1.82. The Morgan fingerprint density at radius 1 is 1.33 bits per heavy atom. The predicted octanol–water partition coefficient (Wildman–Crippen LogP) is 0.963. The van der Waals surface area contributed by atoms with Gasteiger partial charge in [0, 0.05) is 11.5 Å². The van der Waals surface area contributed by atoms with Gasteiger partial charge < -0.3 is 9.47 Å². The van der Waals surface area contributed by atoms with E-state index in [4.69, 9.17) is 21.4 Å². The summed E-state index contributed by atoms with van der Waals surface area (Å²) in [5.74, 6) is 2.33. The maximum absolute atomic E-state index is 7.89. The fourth-order valence-corrected chi connectivity index (χ4v) is 0.501. The number of azide groups is 1. The van der Waals surface area contributed by atoms with E-state index in [0.717, 1.165) is 0 Å². The molecule has 0 aliphatic carbocycles. The van der Waals surface area contributed by atoms with Crippen molar-refractivity contribution in [1.82, 2.24) is 0 Å². The van der Waals surface area contributed by atoms with E-state index >= 15 is 0 Å². The molecule has 0 aromatic heterocycles. The smallest absolute Gasteiger partial charge is 0.107 e. The van der Waals surface area contributed by atoms with Crippen LogP contribution in [0.25, 0.3) is 10.4 Å². The molecule has 0 bridgehead atoms. The highest BCUT2D eigenvalue weighted by Crippen LogP contribution is 1.79. The molecule has 0 aromatic rings. The van der Waals surface area contributed by atoms with Crippen LogP contribution in [0, 0.1) is 12.3 Å². The van der Waals surface area contributed by atoms with Crippen molar-refractivity contribution in [1.29, 1.82) is 0 Å². The first-order chi connectivity index (χ1) is 5.91. The molecule has 12 heavy (non-hydrogen) atoms. The van der Waals surface area contributed by atoms with E-state index in [0.29, 0.717) is 33.0 Å². The molecule has 0 heterocycles. The van der Waals surface area contributed by atoms with Gasteiger partial charge in [0.05, 0.1) is 19.8 Å². The first kappa shape index (κ1) is 10.8. The van der Waals surface area contributed by atoms with Crippen LogP contribution in [0.4, 0.5) is 0 Å². The zero-order chi connectivity index (χ0) is 9.07. The van der Waals surface area contributed by atoms with Gasteiger partial charge in [-0.1, -0.05) is 11.0 Å². The van der Waals surface area contributed by atoms with Crippen molar-refractivity contribution in [3.63, 3.8) is 0 Å². The summed E-state index contributed by atoms with van der Waals surface area (Å²) in [4.78, 5) is 2.57. The van der Waals surface area contributed by atoms with E-state index in [9.17, 15) is 0 Å². The maximum Gasteiger partial charge on any atom is 0.107 e. The third-order valence-corrected chi connectivity index (χ3v) is 0.956. The summed E-state index contributed by atoms with van der Waals surface area (Å²) in [7, 11) is 0. The van der Waals surface area contributed by atoms with E-state index < -0.39 is 0 Å². The van der Waals surface area contributed by atoms with Crippen molar-refractivity contribution < 1.29 is 9.47 Å². The summed E-state index contributed by atoms with van der Waals surface area (Å²) in [6.07, 6.45) is 4.94. The summed E-state index contributed by atoms with van der Waals surface area (Å²) in [5, 5.41) is 3.29. The number of hydrogen-bond donors (Lipinski definition) is 0. The summed E-state index contributed by atoms with van der Waals surface area (Å²) < 4.78 is 9.95. The van der Waals surface area contributed by atoms with E-state index in [1.165, 1.54) is 0 Å². The topological polar surface area (TPSA) is 67.2 Å². The van der Waals surface area contributed by atoms with Crippen molar-refractivity contribution in [2.24, 2.45) is 5.11 Å². The number of ether oxygens (including phenoxy) is 2. The molecule has 0 aliphatic heterocycles. The van der Waals surface area contributed by atoms with Gasteiger partial charge in [-0.25, -0.2) is 0 Å². The zero-order valence-corrected chi connectivity index (χ0v) is 6.77. The Labute approximate surface area is 71.3 Å². The van der Waals surface area contributed by atoms with Crippen molar-refractivity contribution in [2.45, 2.75) is 0 Å². The highest BCUT2D eigenvalue weighted by atomic mass is 16.5. The van der Waals surface area contributed by atoms with Gasteiger partial charge in [-0.15, -0.1) is 6.42 Å². The number of hydrogen-bond acceptors (Lipinski definition) is 3. The number of terminal acetylenes is 1. The van der Waals surface area contributed by atoms with Gasteiger partial charge in [0.1, 0.15) is 6.61 Å². The average molecular weight is 169 g/mol. The Hall–Kier alpha value is -1.21. The lowest BCUT2D eigenvalue weighted by atomic mass is 10.7. The molecule has 0 atom stereocenters. The minimum absolute atomic E-state index is 0.305. The molecule has 0 aliphatic rings. The van der Waals surface area contributed by atoms with Gasteiger partial charge in [0.15, 0.2) is 0 Å². The molecule has 0 saturated carbocycles. The number of nitrogens with zero attached hydrogens (tertiary/aromatic N) is 3. The van der Waals surface area contributed by atoms with E-state index in [2.05, 4.69) is 15.9 Å². The van der Waals surface area contributed by atoms with Crippen LogP contribution in [0.15, 0.2) is 5.11 Å². The Kier molecular flexibility index (Phi) is 8.80. The third-order valence-electron chi connectivity index (χ3n) is 0.956. The molecule has 0 N–H and O–H groups in total. The molecule has 0 amide bonds. The molecule has 5 heteroatoms. The SMILES string of the molecule is C#CCOCCOCCN=[N+]=[N-]. The van der Waals surface area contributed by atoms with Crippen LogP contribution in [-0.2, 0) is 9.47 Å². The second-order valence-electron chi connectivity index (χ2n) is 1.82. The fraction of sp³-hybridized carbons (Fsp3) is 0.714. The summed E-state index contributed by atoms with van der Waals surface area (Å²) >= 11 is 0. The van der Waals surface area contributed by atoms with Crippen molar-refractivity contribution in [3.8, 4) is 12.3 Å². The quantitative estimate of drug-likeness (QED) is 0.187. The van der Waals surface area contributed by atoms with Crippen LogP contribution in [0.2, 0.25) is 0 Å². The molecule has 0 spiro atoms. The summed E-state index contributed by atoms with van der Waals surface area (Å²) in [6, 6.07) is 0. The van der Waals surface area contributed by atoms with Gasteiger partial charge in [0.2, 0.25) is 0 Å². The first-order valence-electron chi connectivity index (χ1n) is 3.51. The largest absolute Gasteiger partial charge is 0.379 e. The Bertz CT molecular complexity index is 182. The molecule has 0 aromatic carbocycles. The van der Waals surface area contributed by atoms with Crippen LogP contribution in [0.3, 0.4) is 0 Å². The third kappa shape index (κ3) is 8.79. The van der Waals surface area contributed by atoms with Gasteiger partial charge in [0.25, 0.3) is 0 Å². The molecular weight excluding hydrogens is 158 g/mol. The van der Waals surface area contributed by atoms with E-state index in [1.54, 1.807) is 0 Å². The lowest BCUT2D eigenvalue weighted by Crippen LogP contribution is -2.06. The van der Waals surface area contributed by atoms with Gasteiger partial charge in [-0.05, 0) is 5.53 Å². The highest BCUT2D eigenvalue weighted by molar-refractivity contribution is 4.82. The Morgan fingerprint density at radius 2 is 2.08 bits per heavy atom. The first-order valence-corrected chi connectivity index (χ1v) is 3.51. The van der Waals surface area contributed by atoms with Crippen LogP contribution < -0.4 is 0 Å². The lowest BCUT2D eigenvalue weighted by molar-refractivity contribution is 0.0637. The number of rotatable bonds is 7. The van der Waals surface area contributed by atoms with Gasteiger partial charge in [-0.2, -0.15) is 0 Å². The van der Waals surface area contributed by atoms with Crippen LogP contribution in [-0.4, -0.2) is 33.0 Å². The second kappa shape index (κ2) is 9.79. The molecule has 0 rings (SSSR count). The van der Waals surface area contributed by atoms with Crippen LogP contribution >= 0.6 is 0 Å². The van der Waals surface area contributed by atoms with E-state index in [1.807, 2.05) is 0 Å². The molecule has 5 nitrogen and oxygen atoms in total.